The molecule has 1 aromatic carbocycles. The molecule has 1 fully saturated rings. The Hall–Kier alpha value is -2.01. The minimum Gasteiger partial charge on any atom is -0.378 e. The highest BCUT2D eigenvalue weighted by Gasteiger charge is 2.21. The Morgan fingerprint density at radius 1 is 1.14 bits per heavy atom. The number of carbonyl (C=O) groups is 1. The van der Waals surface area contributed by atoms with Crippen molar-refractivity contribution in [2.45, 2.75) is 30.6 Å². The number of fused-ring (bicyclic) bond motifs is 1. The highest BCUT2D eigenvalue weighted by molar-refractivity contribution is 7.89. The summed E-state index contributed by atoms with van der Waals surface area (Å²) < 4.78 is 30.4. The highest BCUT2D eigenvalue weighted by atomic mass is 32.2. The summed E-state index contributed by atoms with van der Waals surface area (Å²) >= 11 is 1.35. The average Bonchev–Trinajstić information content (AvgIpc) is 3.23. The van der Waals surface area contributed by atoms with Gasteiger partial charge < -0.3 is 9.64 Å². The number of carbonyl (C=O) groups excluding carboxylic acids is 1. The molecule has 28 heavy (non-hydrogen) atoms. The van der Waals surface area contributed by atoms with Crippen LogP contribution in [0.2, 0.25) is 0 Å². The first-order valence-corrected chi connectivity index (χ1v) is 11.6. The maximum absolute atomic E-state index is 12.5. The number of hydrogen-bond donors (Lipinski definition) is 2. The van der Waals surface area contributed by atoms with Crippen LogP contribution in [0.15, 0.2) is 28.5 Å². The van der Waals surface area contributed by atoms with Gasteiger partial charge >= 0.3 is 0 Å². The third-order valence-corrected chi connectivity index (χ3v) is 7.08. The van der Waals surface area contributed by atoms with Gasteiger partial charge in [-0.3, -0.25) is 10.2 Å². The zero-order valence-electron chi connectivity index (χ0n) is 15.3. The van der Waals surface area contributed by atoms with Gasteiger partial charge in [-0.25, -0.2) is 13.4 Å². The zero-order valence-corrected chi connectivity index (χ0v) is 16.9. The third kappa shape index (κ3) is 4.19. The minimum absolute atomic E-state index is 0.153. The molecule has 1 aliphatic heterocycles. The summed E-state index contributed by atoms with van der Waals surface area (Å²) in [5, 5.41) is 2.35. The van der Waals surface area contributed by atoms with Crippen LogP contribution in [0.3, 0.4) is 0 Å². The first kappa shape index (κ1) is 19.3. The number of sulfonamides is 1. The summed E-state index contributed by atoms with van der Waals surface area (Å²) in [7, 11) is -3.84. The number of aryl methyl sites for hydroxylation is 2. The molecule has 1 saturated heterocycles. The molecule has 10 heteroatoms. The predicted molar refractivity (Wildman–Crippen MR) is 106 cm³/mol. The molecule has 1 aromatic heterocycles. The lowest BCUT2D eigenvalue weighted by molar-refractivity contribution is 0.0940. The smallest absolute Gasteiger partial charge is 0.285 e. The molecular formula is C18H22N4O4S2. The van der Waals surface area contributed by atoms with E-state index in [4.69, 9.17) is 4.74 Å². The van der Waals surface area contributed by atoms with E-state index in [0.717, 1.165) is 49.5 Å². The summed E-state index contributed by atoms with van der Waals surface area (Å²) in [5.41, 5.74) is 4.70. The van der Waals surface area contributed by atoms with Crippen LogP contribution in [-0.2, 0) is 27.6 Å². The molecule has 0 atom stereocenters. The number of anilines is 1. The maximum atomic E-state index is 12.5. The predicted octanol–water partition coefficient (Wildman–Crippen LogP) is 1.48. The van der Waals surface area contributed by atoms with Crippen molar-refractivity contribution in [1.29, 1.82) is 0 Å². The van der Waals surface area contributed by atoms with Gasteiger partial charge in [0.25, 0.3) is 15.9 Å². The van der Waals surface area contributed by atoms with Gasteiger partial charge in [-0.2, -0.15) is 0 Å². The highest BCUT2D eigenvalue weighted by Crippen LogP contribution is 2.24. The van der Waals surface area contributed by atoms with Gasteiger partial charge in [-0.15, -0.1) is 16.2 Å². The summed E-state index contributed by atoms with van der Waals surface area (Å²) in [6.45, 7) is 2.70. The molecular weight excluding hydrogens is 400 g/mol. The van der Waals surface area contributed by atoms with E-state index in [9.17, 15) is 13.2 Å². The normalized spacial score (nSPS) is 17.2. The number of hydrogen-bond acceptors (Lipinski definition) is 7. The number of morpholine rings is 1. The maximum Gasteiger partial charge on any atom is 0.285 e. The summed E-state index contributed by atoms with van der Waals surface area (Å²) in [4.78, 5) is 21.0. The minimum atomic E-state index is -3.84. The van der Waals surface area contributed by atoms with Crippen LogP contribution < -0.4 is 15.2 Å². The van der Waals surface area contributed by atoms with Gasteiger partial charge in [-0.05, 0) is 48.9 Å². The lowest BCUT2D eigenvalue weighted by atomic mass is 9.92. The molecule has 2 aromatic rings. The lowest BCUT2D eigenvalue weighted by Gasteiger charge is -2.25. The molecule has 4 rings (SSSR count). The SMILES string of the molecule is O=C(NNS(=O)(=O)c1ccc2c(c1)CCCC2)c1csc(N2CCOCC2)n1. The molecule has 150 valence electrons. The van der Waals surface area contributed by atoms with Gasteiger partial charge in [0, 0.05) is 18.5 Å². The van der Waals surface area contributed by atoms with Crippen molar-refractivity contribution in [3.63, 3.8) is 0 Å². The van der Waals surface area contributed by atoms with Gasteiger partial charge in [0.1, 0.15) is 5.69 Å². The first-order chi connectivity index (χ1) is 13.5. The molecule has 0 bridgehead atoms. The number of nitrogens with one attached hydrogen (secondary N) is 2. The first-order valence-electron chi connectivity index (χ1n) is 9.25. The number of hydrazine groups is 1. The molecule has 8 nitrogen and oxygen atoms in total. The van der Waals surface area contributed by atoms with Crippen LogP contribution in [0.1, 0.15) is 34.5 Å². The van der Waals surface area contributed by atoms with E-state index in [2.05, 4.69) is 15.2 Å². The Bertz CT molecular complexity index is 968. The fraction of sp³-hybridized carbons (Fsp3) is 0.444. The second kappa shape index (κ2) is 8.16. The van der Waals surface area contributed by atoms with E-state index in [0.29, 0.717) is 13.2 Å². The molecule has 1 amide bonds. The molecule has 1 aliphatic carbocycles. The Morgan fingerprint density at radius 3 is 2.68 bits per heavy atom. The molecule has 0 radical (unpaired) electrons. The topological polar surface area (TPSA) is 101 Å². The van der Waals surface area contributed by atoms with Crippen LogP contribution in [0, 0.1) is 0 Å². The second-order valence-corrected chi connectivity index (χ2v) is 9.33. The van der Waals surface area contributed by atoms with Crippen molar-refractivity contribution in [2.75, 3.05) is 31.2 Å². The summed E-state index contributed by atoms with van der Waals surface area (Å²) in [5.74, 6) is -0.586. The molecule has 0 spiro atoms. The molecule has 0 saturated carbocycles. The molecule has 2 N–H and O–H groups in total. The number of ether oxygens (including phenoxy) is 1. The molecule has 0 unspecified atom stereocenters. The van der Waals surface area contributed by atoms with Crippen molar-refractivity contribution < 1.29 is 17.9 Å². The second-order valence-electron chi connectivity index (χ2n) is 6.81. The Kier molecular flexibility index (Phi) is 5.63. The third-order valence-electron chi connectivity index (χ3n) is 4.94. The van der Waals surface area contributed by atoms with Crippen LogP contribution in [0.25, 0.3) is 0 Å². The number of benzene rings is 1. The van der Waals surface area contributed by atoms with Crippen LogP contribution in [0.5, 0.6) is 0 Å². The number of nitrogens with zero attached hydrogens (tertiary/aromatic N) is 2. The van der Waals surface area contributed by atoms with Crippen molar-refractivity contribution >= 4 is 32.4 Å². The van der Waals surface area contributed by atoms with Crippen LogP contribution >= 0.6 is 11.3 Å². The van der Waals surface area contributed by atoms with E-state index in [-0.39, 0.29) is 10.6 Å². The van der Waals surface area contributed by atoms with E-state index in [1.165, 1.54) is 16.9 Å². The fourth-order valence-electron chi connectivity index (χ4n) is 3.38. The number of rotatable bonds is 5. The van der Waals surface area contributed by atoms with Gasteiger partial charge in [0.2, 0.25) is 0 Å². The zero-order chi connectivity index (χ0) is 19.6. The monoisotopic (exact) mass is 422 g/mol. The van der Waals surface area contributed by atoms with Crippen molar-refractivity contribution in [2.24, 2.45) is 0 Å². The van der Waals surface area contributed by atoms with E-state index in [1.54, 1.807) is 17.5 Å². The van der Waals surface area contributed by atoms with Crippen molar-refractivity contribution in [3.05, 3.63) is 40.4 Å². The number of thiazole rings is 1. The quantitative estimate of drug-likeness (QED) is 0.708. The van der Waals surface area contributed by atoms with Crippen molar-refractivity contribution in [1.82, 2.24) is 15.2 Å². The fourth-order valence-corrected chi connectivity index (χ4v) is 5.13. The molecule has 2 aliphatic rings. The van der Waals surface area contributed by atoms with Crippen molar-refractivity contribution in [3.8, 4) is 0 Å². The largest absolute Gasteiger partial charge is 0.378 e. The average molecular weight is 423 g/mol. The Balaban J connectivity index is 1.40. The van der Waals surface area contributed by atoms with E-state index in [1.807, 2.05) is 11.0 Å². The standard InChI is InChI=1S/C18H22N4O4S2/c23-17(16-12-27-18(19-16)22-7-9-26-10-8-22)20-21-28(24,25)15-6-5-13-3-1-2-4-14(13)11-15/h5-6,11-12,21H,1-4,7-10H2,(H,20,23). The number of aromatic nitrogens is 1. The van der Waals surface area contributed by atoms with E-state index >= 15 is 0 Å². The van der Waals surface area contributed by atoms with Crippen LogP contribution in [0.4, 0.5) is 5.13 Å². The summed E-state index contributed by atoms with van der Waals surface area (Å²) in [6, 6.07) is 5.14. The molecule has 2 heterocycles. The lowest BCUT2D eigenvalue weighted by Crippen LogP contribution is -2.41. The Labute approximate surface area is 167 Å². The van der Waals surface area contributed by atoms with E-state index < -0.39 is 15.9 Å². The van der Waals surface area contributed by atoms with Gasteiger partial charge in [0.15, 0.2) is 5.13 Å². The van der Waals surface area contributed by atoms with Gasteiger partial charge in [0.05, 0.1) is 18.1 Å². The van der Waals surface area contributed by atoms with Gasteiger partial charge in [-0.1, -0.05) is 6.07 Å². The Morgan fingerprint density at radius 2 is 1.89 bits per heavy atom. The van der Waals surface area contributed by atoms with Crippen LogP contribution in [-0.4, -0.2) is 45.6 Å². The summed E-state index contributed by atoms with van der Waals surface area (Å²) in [6.07, 6.45) is 4.06. The number of amides is 1.